The van der Waals surface area contributed by atoms with E-state index in [2.05, 4.69) is 0 Å². The Bertz CT molecular complexity index is 646. The van der Waals surface area contributed by atoms with Crippen molar-refractivity contribution in [3.05, 3.63) is 23.8 Å². The molecule has 144 valence electrons. The number of benzene rings is 1. The van der Waals surface area contributed by atoms with Gasteiger partial charge in [0.25, 0.3) is 0 Å². The first-order valence-corrected chi connectivity index (χ1v) is 8.45. The predicted molar refractivity (Wildman–Crippen MR) is 92.1 cm³/mol. The SMILES string of the molecule is CC(C)OC(=O)OC(C)OC(=O)N(C)C(C)Cc1ccc2c(c1)OCO2. The number of fused-ring (bicyclic) bond motifs is 1. The molecule has 0 saturated heterocycles. The summed E-state index contributed by atoms with van der Waals surface area (Å²) in [6.07, 6.45) is -2.23. The van der Waals surface area contributed by atoms with Crippen molar-refractivity contribution in [3.8, 4) is 11.5 Å². The van der Waals surface area contributed by atoms with Crippen LogP contribution in [0.2, 0.25) is 0 Å². The van der Waals surface area contributed by atoms with Gasteiger partial charge in [0.2, 0.25) is 13.1 Å². The number of likely N-dealkylation sites (N-methyl/N-ethyl adjacent to an activating group) is 1. The molecule has 1 aromatic rings. The molecule has 0 aliphatic carbocycles. The quantitative estimate of drug-likeness (QED) is 0.563. The second-order valence-corrected chi connectivity index (χ2v) is 6.34. The third kappa shape index (κ3) is 5.44. The van der Waals surface area contributed by atoms with Crippen molar-refractivity contribution < 1.29 is 33.3 Å². The van der Waals surface area contributed by atoms with Gasteiger partial charge in [-0.15, -0.1) is 0 Å². The van der Waals surface area contributed by atoms with E-state index in [9.17, 15) is 9.59 Å². The van der Waals surface area contributed by atoms with Crippen molar-refractivity contribution in [2.45, 2.75) is 52.6 Å². The summed E-state index contributed by atoms with van der Waals surface area (Å²) in [6, 6.07) is 5.53. The van der Waals surface area contributed by atoms with E-state index in [0.717, 1.165) is 5.56 Å². The van der Waals surface area contributed by atoms with Gasteiger partial charge in [0, 0.05) is 20.0 Å². The highest BCUT2D eigenvalue weighted by Gasteiger charge is 2.23. The molecule has 0 aromatic heterocycles. The van der Waals surface area contributed by atoms with Crippen molar-refractivity contribution in [1.29, 1.82) is 0 Å². The average molecular weight is 367 g/mol. The van der Waals surface area contributed by atoms with Gasteiger partial charge in [-0.05, 0) is 44.9 Å². The van der Waals surface area contributed by atoms with E-state index in [0.29, 0.717) is 17.9 Å². The van der Waals surface area contributed by atoms with Gasteiger partial charge in [0.1, 0.15) is 0 Å². The Morgan fingerprint density at radius 3 is 2.46 bits per heavy atom. The molecule has 0 N–H and O–H groups in total. The molecule has 1 aliphatic rings. The summed E-state index contributed by atoms with van der Waals surface area (Å²) >= 11 is 0. The highest BCUT2D eigenvalue weighted by molar-refractivity contribution is 5.68. The number of ether oxygens (including phenoxy) is 5. The fourth-order valence-electron chi connectivity index (χ4n) is 2.33. The zero-order valence-corrected chi connectivity index (χ0v) is 15.7. The minimum absolute atomic E-state index is 0.141. The lowest BCUT2D eigenvalue weighted by molar-refractivity contribution is -0.0878. The maximum atomic E-state index is 12.2. The summed E-state index contributed by atoms with van der Waals surface area (Å²) in [5, 5.41) is 0. The fraction of sp³-hybridized carbons (Fsp3) is 0.556. The molecule has 0 bridgehead atoms. The molecule has 0 spiro atoms. The van der Waals surface area contributed by atoms with Crippen molar-refractivity contribution in [2.75, 3.05) is 13.8 Å². The Labute approximate surface area is 152 Å². The maximum absolute atomic E-state index is 12.2. The monoisotopic (exact) mass is 367 g/mol. The van der Waals surface area contributed by atoms with Crippen LogP contribution in [0.5, 0.6) is 11.5 Å². The van der Waals surface area contributed by atoms with Crippen LogP contribution in [0.4, 0.5) is 9.59 Å². The number of carbonyl (C=O) groups excluding carboxylic acids is 2. The van der Waals surface area contributed by atoms with Crippen LogP contribution in [0.15, 0.2) is 18.2 Å². The second-order valence-electron chi connectivity index (χ2n) is 6.34. The Hall–Kier alpha value is -2.64. The predicted octanol–water partition coefficient (Wildman–Crippen LogP) is 3.32. The van der Waals surface area contributed by atoms with E-state index < -0.39 is 18.5 Å². The van der Waals surface area contributed by atoms with Crippen LogP contribution in [-0.2, 0) is 20.6 Å². The smallest absolute Gasteiger partial charge is 0.454 e. The Kier molecular flexibility index (Phi) is 6.54. The summed E-state index contributed by atoms with van der Waals surface area (Å²) in [7, 11) is 1.62. The lowest BCUT2D eigenvalue weighted by Crippen LogP contribution is -2.39. The summed E-state index contributed by atoms with van der Waals surface area (Å²) in [5.41, 5.74) is 1.01. The molecule has 2 rings (SSSR count). The van der Waals surface area contributed by atoms with Gasteiger partial charge in [0.05, 0.1) is 6.10 Å². The molecule has 1 aliphatic heterocycles. The number of nitrogens with zero attached hydrogens (tertiary/aromatic N) is 1. The topological polar surface area (TPSA) is 83.5 Å². The minimum atomic E-state index is -1.05. The highest BCUT2D eigenvalue weighted by Crippen LogP contribution is 2.32. The molecule has 0 fully saturated rings. The summed E-state index contributed by atoms with van der Waals surface area (Å²) in [6.45, 7) is 6.96. The lowest BCUT2D eigenvalue weighted by atomic mass is 10.1. The highest BCUT2D eigenvalue weighted by atomic mass is 16.8. The van der Waals surface area contributed by atoms with Gasteiger partial charge in [-0.3, -0.25) is 0 Å². The first kappa shape index (κ1) is 19.7. The van der Waals surface area contributed by atoms with Crippen LogP contribution in [0.25, 0.3) is 0 Å². The summed E-state index contributed by atoms with van der Waals surface area (Å²) in [5.74, 6) is 1.42. The first-order valence-electron chi connectivity index (χ1n) is 8.45. The molecule has 2 unspecified atom stereocenters. The number of hydrogen-bond donors (Lipinski definition) is 0. The van der Waals surface area contributed by atoms with Gasteiger partial charge in [0.15, 0.2) is 11.5 Å². The van der Waals surface area contributed by atoms with E-state index in [4.69, 9.17) is 23.7 Å². The average Bonchev–Trinajstić information content (AvgIpc) is 3.00. The molecule has 8 nitrogen and oxygen atoms in total. The van der Waals surface area contributed by atoms with E-state index in [1.807, 2.05) is 25.1 Å². The molecule has 26 heavy (non-hydrogen) atoms. The molecule has 8 heteroatoms. The van der Waals surface area contributed by atoms with E-state index in [-0.39, 0.29) is 18.9 Å². The zero-order valence-electron chi connectivity index (χ0n) is 15.7. The number of hydrogen-bond acceptors (Lipinski definition) is 7. The van der Waals surface area contributed by atoms with E-state index in [1.165, 1.54) is 11.8 Å². The van der Waals surface area contributed by atoms with E-state index in [1.54, 1.807) is 20.9 Å². The lowest BCUT2D eigenvalue weighted by Gasteiger charge is -2.26. The van der Waals surface area contributed by atoms with Crippen molar-refractivity contribution in [2.24, 2.45) is 0 Å². The third-order valence-corrected chi connectivity index (χ3v) is 3.78. The number of carbonyl (C=O) groups is 2. The number of amides is 1. The fourth-order valence-corrected chi connectivity index (χ4v) is 2.33. The third-order valence-electron chi connectivity index (χ3n) is 3.78. The van der Waals surface area contributed by atoms with Crippen LogP contribution in [0.3, 0.4) is 0 Å². The van der Waals surface area contributed by atoms with Crippen LogP contribution in [-0.4, -0.2) is 49.4 Å². The molecule has 0 radical (unpaired) electrons. The van der Waals surface area contributed by atoms with Crippen LogP contribution in [0.1, 0.15) is 33.3 Å². The molecular weight excluding hydrogens is 342 g/mol. The van der Waals surface area contributed by atoms with Gasteiger partial charge in [-0.1, -0.05) is 6.07 Å². The molecule has 1 heterocycles. The molecule has 0 saturated carbocycles. The van der Waals surface area contributed by atoms with Crippen LogP contribution < -0.4 is 9.47 Å². The largest absolute Gasteiger partial charge is 0.511 e. The Morgan fingerprint density at radius 1 is 1.08 bits per heavy atom. The Morgan fingerprint density at radius 2 is 1.77 bits per heavy atom. The molecule has 1 amide bonds. The van der Waals surface area contributed by atoms with Crippen molar-refractivity contribution in [1.82, 2.24) is 4.90 Å². The normalized spacial score (nSPS) is 14.5. The zero-order chi connectivity index (χ0) is 19.3. The van der Waals surface area contributed by atoms with Gasteiger partial charge in [-0.2, -0.15) is 0 Å². The molecule has 1 aromatic carbocycles. The summed E-state index contributed by atoms with van der Waals surface area (Å²) in [4.78, 5) is 25.1. The van der Waals surface area contributed by atoms with Crippen molar-refractivity contribution >= 4 is 12.2 Å². The van der Waals surface area contributed by atoms with Crippen molar-refractivity contribution in [3.63, 3.8) is 0 Å². The summed E-state index contributed by atoms with van der Waals surface area (Å²) < 4.78 is 25.5. The minimum Gasteiger partial charge on any atom is -0.454 e. The van der Waals surface area contributed by atoms with Gasteiger partial charge in [-0.25, -0.2) is 9.59 Å². The van der Waals surface area contributed by atoms with Crippen LogP contribution in [0, 0.1) is 0 Å². The molecular formula is C18H25NO7. The van der Waals surface area contributed by atoms with Gasteiger partial charge < -0.3 is 28.6 Å². The standard InChI is InChI=1S/C18H25NO7/c1-11(2)24-18(21)26-13(4)25-17(20)19(5)12(3)8-14-6-7-15-16(9-14)23-10-22-15/h6-7,9,11-13H,8,10H2,1-5H3. The van der Waals surface area contributed by atoms with E-state index >= 15 is 0 Å². The number of rotatable bonds is 6. The second kappa shape index (κ2) is 8.64. The molecule has 2 atom stereocenters. The maximum Gasteiger partial charge on any atom is 0.511 e. The van der Waals surface area contributed by atoms with Crippen LogP contribution >= 0.6 is 0 Å². The Balaban J connectivity index is 1.83. The first-order chi connectivity index (χ1) is 12.3. The van der Waals surface area contributed by atoms with Gasteiger partial charge >= 0.3 is 12.2 Å².